The van der Waals surface area contributed by atoms with E-state index in [0.717, 1.165) is 34.3 Å². The van der Waals surface area contributed by atoms with Crippen molar-refractivity contribution < 1.29 is 14.3 Å². The zero-order chi connectivity index (χ0) is 27.5. The molecule has 9 heteroatoms. The molecule has 4 aromatic rings. The number of nitriles is 1. The molecule has 1 fully saturated rings. The smallest absolute Gasteiger partial charge is 0.255 e. The van der Waals surface area contributed by atoms with E-state index in [1.807, 2.05) is 56.3 Å². The maximum Gasteiger partial charge on any atom is 0.255 e. The molecule has 2 amide bonds. The van der Waals surface area contributed by atoms with Crippen LogP contribution in [-0.4, -0.2) is 30.9 Å². The Kier molecular flexibility index (Phi) is 7.48. The monoisotopic (exact) mass is 539 g/mol. The van der Waals surface area contributed by atoms with Gasteiger partial charge in [-0.15, -0.1) is 0 Å². The maximum absolute atomic E-state index is 13.0. The van der Waals surface area contributed by atoms with Crippen LogP contribution >= 0.6 is 11.3 Å². The van der Waals surface area contributed by atoms with Gasteiger partial charge in [0.05, 0.1) is 27.9 Å². The molecule has 1 aliphatic carbocycles. The third-order valence-electron chi connectivity index (χ3n) is 6.55. The molecule has 198 valence electrons. The molecule has 1 atom stereocenters. The highest BCUT2D eigenvalue weighted by atomic mass is 32.1. The summed E-state index contributed by atoms with van der Waals surface area (Å²) in [7, 11) is 3.87. The third-order valence-corrected chi connectivity index (χ3v) is 7.55. The SMILES string of the molecule is CCC(C#N)c1cccc(C(=O)Nc2cccc(Oc3ccc4nc(NC(=O)C5CC5)sc4c3N(C)C)c2)c1. The molecule has 1 unspecified atom stereocenters. The lowest BCUT2D eigenvalue weighted by atomic mass is 9.96. The zero-order valence-corrected chi connectivity index (χ0v) is 22.8. The standard InChI is InChI=1S/C30H29N5O3S/c1-4-18(17-31)20-7-5-8-21(15-20)29(37)32-22-9-6-10-23(16-22)38-25-14-13-24-27(26(25)35(2)3)39-30(33-24)34-28(36)19-11-12-19/h5-10,13-16,18-19H,4,11-12H2,1-3H3,(H,32,37)(H,33,34,36). The zero-order valence-electron chi connectivity index (χ0n) is 22.0. The van der Waals surface area contributed by atoms with E-state index in [0.29, 0.717) is 34.3 Å². The van der Waals surface area contributed by atoms with Gasteiger partial charge in [0.25, 0.3) is 5.91 Å². The lowest BCUT2D eigenvalue weighted by Gasteiger charge is -2.18. The molecular formula is C30H29N5O3S. The molecule has 0 aliphatic heterocycles. The van der Waals surface area contributed by atoms with Crippen molar-refractivity contribution in [2.24, 2.45) is 5.92 Å². The van der Waals surface area contributed by atoms with E-state index in [1.54, 1.807) is 30.3 Å². The number of amides is 2. The highest BCUT2D eigenvalue weighted by Gasteiger charge is 2.30. The summed E-state index contributed by atoms with van der Waals surface area (Å²) in [5.74, 6) is 0.815. The number of benzene rings is 3. The molecule has 3 aromatic carbocycles. The molecule has 5 rings (SSSR count). The Labute approximate surface area is 231 Å². The molecule has 39 heavy (non-hydrogen) atoms. The van der Waals surface area contributed by atoms with E-state index in [2.05, 4.69) is 21.7 Å². The Morgan fingerprint density at radius 2 is 1.92 bits per heavy atom. The number of fused-ring (bicyclic) bond motifs is 1. The number of carbonyl (C=O) groups excluding carboxylic acids is 2. The number of hydrogen-bond donors (Lipinski definition) is 2. The molecule has 8 nitrogen and oxygen atoms in total. The van der Waals surface area contributed by atoms with Gasteiger partial charge in [-0.2, -0.15) is 5.26 Å². The summed E-state index contributed by atoms with van der Waals surface area (Å²) in [5.41, 5.74) is 3.54. The number of nitrogens with zero attached hydrogens (tertiary/aromatic N) is 3. The second-order valence-electron chi connectivity index (χ2n) is 9.74. The van der Waals surface area contributed by atoms with E-state index < -0.39 is 0 Å². The van der Waals surface area contributed by atoms with Gasteiger partial charge < -0.3 is 20.3 Å². The number of thiazole rings is 1. The van der Waals surface area contributed by atoms with Crippen LogP contribution in [0.4, 0.5) is 16.5 Å². The summed E-state index contributed by atoms with van der Waals surface area (Å²) in [6, 6.07) is 20.4. The van der Waals surface area contributed by atoms with Crippen molar-refractivity contribution in [2.45, 2.75) is 32.1 Å². The molecule has 0 radical (unpaired) electrons. The van der Waals surface area contributed by atoms with Crippen LogP contribution in [0.5, 0.6) is 11.5 Å². The number of ether oxygens (including phenoxy) is 1. The highest BCUT2D eigenvalue weighted by Crippen LogP contribution is 2.42. The van der Waals surface area contributed by atoms with Crippen LogP contribution in [0.25, 0.3) is 10.2 Å². The minimum Gasteiger partial charge on any atom is -0.455 e. The molecule has 0 spiro atoms. The normalized spacial score (nSPS) is 13.4. The van der Waals surface area contributed by atoms with Crippen LogP contribution in [0.15, 0.2) is 60.7 Å². The first kappa shape index (κ1) is 26.2. The lowest BCUT2D eigenvalue weighted by molar-refractivity contribution is -0.117. The van der Waals surface area contributed by atoms with Gasteiger partial charge in [0.1, 0.15) is 5.75 Å². The predicted molar refractivity (Wildman–Crippen MR) is 155 cm³/mol. The summed E-state index contributed by atoms with van der Waals surface area (Å²) in [4.78, 5) is 31.8. The lowest BCUT2D eigenvalue weighted by Crippen LogP contribution is -2.12. The maximum atomic E-state index is 13.0. The van der Waals surface area contributed by atoms with Crippen LogP contribution < -0.4 is 20.3 Å². The largest absolute Gasteiger partial charge is 0.455 e. The Morgan fingerprint density at radius 3 is 2.64 bits per heavy atom. The summed E-state index contributed by atoms with van der Waals surface area (Å²) < 4.78 is 7.20. The number of hydrogen-bond acceptors (Lipinski definition) is 7. The average Bonchev–Trinajstić information content (AvgIpc) is 3.70. The van der Waals surface area contributed by atoms with E-state index >= 15 is 0 Å². The second kappa shape index (κ2) is 11.1. The Bertz CT molecular complexity index is 1590. The van der Waals surface area contributed by atoms with Gasteiger partial charge in [-0.05, 0) is 61.2 Å². The molecule has 0 saturated heterocycles. The summed E-state index contributed by atoms with van der Waals surface area (Å²) in [6.45, 7) is 1.95. The molecule has 1 heterocycles. The topological polar surface area (TPSA) is 107 Å². The van der Waals surface area contributed by atoms with E-state index in [9.17, 15) is 14.9 Å². The van der Waals surface area contributed by atoms with Crippen molar-refractivity contribution in [2.75, 3.05) is 29.6 Å². The third kappa shape index (κ3) is 5.86. The quantitative estimate of drug-likeness (QED) is 0.243. The summed E-state index contributed by atoms with van der Waals surface area (Å²) in [5, 5.41) is 15.8. The average molecular weight is 540 g/mol. The molecule has 1 saturated carbocycles. The fourth-order valence-corrected chi connectivity index (χ4v) is 5.43. The van der Waals surface area contributed by atoms with Crippen LogP contribution in [-0.2, 0) is 4.79 Å². The van der Waals surface area contributed by atoms with Crippen LogP contribution in [0.3, 0.4) is 0 Å². The first-order valence-electron chi connectivity index (χ1n) is 12.9. The van der Waals surface area contributed by atoms with Gasteiger partial charge in [-0.3, -0.25) is 9.59 Å². The van der Waals surface area contributed by atoms with Crippen molar-refractivity contribution in [3.05, 3.63) is 71.8 Å². The predicted octanol–water partition coefficient (Wildman–Crippen LogP) is 6.77. The number of carbonyl (C=O) groups is 2. The van der Waals surface area contributed by atoms with Crippen molar-refractivity contribution in [1.29, 1.82) is 5.26 Å². The van der Waals surface area contributed by atoms with Crippen LogP contribution in [0, 0.1) is 17.2 Å². The Hall–Kier alpha value is -4.42. The molecule has 2 N–H and O–H groups in total. The van der Waals surface area contributed by atoms with E-state index in [1.165, 1.54) is 11.3 Å². The summed E-state index contributed by atoms with van der Waals surface area (Å²) >= 11 is 1.42. The minimum absolute atomic E-state index is 0.0257. The first-order chi connectivity index (χ1) is 18.9. The van der Waals surface area contributed by atoms with Gasteiger partial charge in [0.2, 0.25) is 5.91 Å². The van der Waals surface area contributed by atoms with Gasteiger partial charge in [-0.1, -0.05) is 36.5 Å². The van der Waals surface area contributed by atoms with Crippen LogP contribution in [0.2, 0.25) is 0 Å². The number of aromatic nitrogens is 1. The van der Waals surface area contributed by atoms with Crippen molar-refractivity contribution in [1.82, 2.24) is 4.98 Å². The minimum atomic E-state index is -0.261. The Morgan fingerprint density at radius 1 is 1.13 bits per heavy atom. The van der Waals surface area contributed by atoms with Gasteiger partial charge in [0, 0.05) is 37.3 Å². The highest BCUT2D eigenvalue weighted by molar-refractivity contribution is 7.23. The molecule has 1 aromatic heterocycles. The number of anilines is 3. The Balaban J connectivity index is 1.36. The molecule has 1 aliphatic rings. The number of rotatable bonds is 9. The van der Waals surface area contributed by atoms with Crippen molar-refractivity contribution in [3.8, 4) is 17.6 Å². The first-order valence-corrected chi connectivity index (χ1v) is 13.7. The fourth-order valence-electron chi connectivity index (χ4n) is 4.34. The molecule has 0 bridgehead atoms. The molecular weight excluding hydrogens is 510 g/mol. The van der Waals surface area contributed by atoms with Crippen molar-refractivity contribution in [3.63, 3.8) is 0 Å². The van der Waals surface area contributed by atoms with E-state index in [-0.39, 0.29) is 23.7 Å². The second-order valence-corrected chi connectivity index (χ2v) is 10.7. The van der Waals surface area contributed by atoms with Crippen LogP contribution in [0.1, 0.15) is 48.0 Å². The number of nitrogens with one attached hydrogen (secondary N) is 2. The van der Waals surface area contributed by atoms with Gasteiger partial charge >= 0.3 is 0 Å². The van der Waals surface area contributed by atoms with Crippen molar-refractivity contribution >= 4 is 49.9 Å². The summed E-state index contributed by atoms with van der Waals surface area (Å²) in [6.07, 6.45) is 2.55. The van der Waals surface area contributed by atoms with Gasteiger partial charge in [0.15, 0.2) is 10.9 Å². The van der Waals surface area contributed by atoms with Gasteiger partial charge in [-0.25, -0.2) is 4.98 Å². The fraction of sp³-hybridized carbons (Fsp3) is 0.267. The van der Waals surface area contributed by atoms with E-state index in [4.69, 9.17) is 4.74 Å².